The number of rotatable bonds is 0. The summed E-state index contributed by atoms with van der Waals surface area (Å²) in [5, 5.41) is 3.22. The minimum Gasteiger partial charge on any atom is -0.369 e. The summed E-state index contributed by atoms with van der Waals surface area (Å²) < 4.78 is 1.88. The first-order valence-electron chi connectivity index (χ1n) is 5.70. The predicted octanol–water partition coefficient (Wildman–Crippen LogP) is 1.04. The lowest BCUT2D eigenvalue weighted by Gasteiger charge is -2.07. The highest BCUT2D eigenvalue weighted by Gasteiger charge is 2.16. The molecule has 0 atom stereocenters. The van der Waals surface area contributed by atoms with Gasteiger partial charge in [0.15, 0.2) is 0 Å². The van der Waals surface area contributed by atoms with Crippen LogP contribution in [0.1, 0.15) is 11.1 Å². The molecule has 2 aromatic rings. The zero-order valence-electron chi connectivity index (χ0n) is 9.99. The molecular weight excluding hydrogens is 214 g/mol. The van der Waals surface area contributed by atoms with Crippen LogP contribution in [0.15, 0.2) is 17.1 Å². The van der Waals surface area contributed by atoms with Crippen LogP contribution in [-0.4, -0.2) is 28.6 Å². The zero-order valence-corrected chi connectivity index (χ0v) is 9.99. The first-order chi connectivity index (χ1) is 8.16. The molecule has 1 aliphatic heterocycles. The molecule has 17 heavy (non-hydrogen) atoms. The van der Waals surface area contributed by atoms with E-state index in [0.29, 0.717) is 5.95 Å². The van der Waals surface area contributed by atoms with Gasteiger partial charge in [0.25, 0.3) is 0 Å². The number of benzene rings is 1. The van der Waals surface area contributed by atoms with E-state index in [9.17, 15) is 0 Å². The molecule has 0 spiro atoms. The number of nitrogen functional groups attached to an aromatic ring is 1. The Morgan fingerprint density at radius 2 is 2.06 bits per heavy atom. The molecule has 5 nitrogen and oxygen atoms in total. The standard InChI is InChI=1S/C12H15N5/c1-7-5-9-10(6-8(7)2)17(11(13)16-9)12-14-3-4-15-12/h5-6H,3-4H2,1-2H3,(H2,13,16)(H,14,15). The van der Waals surface area contributed by atoms with Gasteiger partial charge in [-0.3, -0.25) is 4.99 Å². The van der Waals surface area contributed by atoms with Gasteiger partial charge in [0.1, 0.15) is 0 Å². The summed E-state index contributed by atoms with van der Waals surface area (Å²) in [7, 11) is 0. The number of hydrogen-bond donors (Lipinski definition) is 2. The largest absolute Gasteiger partial charge is 0.369 e. The fraction of sp³-hybridized carbons (Fsp3) is 0.333. The van der Waals surface area contributed by atoms with Crippen LogP contribution >= 0.6 is 0 Å². The van der Waals surface area contributed by atoms with Crippen LogP contribution in [0.25, 0.3) is 11.0 Å². The molecule has 5 heteroatoms. The SMILES string of the molecule is Cc1cc2nc(N)n(C3=NCCN3)c2cc1C. The minimum atomic E-state index is 0.484. The van der Waals surface area contributed by atoms with E-state index in [1.54, 1.807) is 0 Å². The lowest BCUT2D eigenvalue weighted by molar-refractivity contribution is 0.944. The highest BCUT2D eigenvalue weighted by molar-refractivity contribution is 5.96. The summed E-state index contributed by atoms with van der Waals surface area (Å²) >= 11 is 0. The molecule has 1 aromatic heterocycles. The van der Waals surface area contributed by atoms with Crippen LogP contribution in [0.2, 0.25) is 0 Å². The van der Waals surface area contributed by atoms with E-state index in [1.165, 1.54) is 11.1 Å². The van der Waals surface area contributed by atoms with Gasteiger partial charge in [-0.25, -0.2) is 9.55 Å². The molecular formula is C12H15N5. The normalized spacial score (nSPS) is 15.1. The average molecular weight is 229 g/mol. The topological polar surface area (TPSA) is 68.2 Å². The van der Waals surface area contributed by atoms with Gasteiger partial charge >= 0.3 is 0 Å². The van der Waals surface area contributed by atoms with Crippen LogP contribution in [0, 0.1) is 13.8 Å². The molecule has 0 saturated heterocycles. The summed E-state index contributed by atoms with van der Waals surface area (Å²) in [6.07, 6.45) is 0. The van der Waals surface area contributed by atoms with Gasteiger partial charge in [-0.2, -0.15) is 0 Å². The highest BCUT2D eigenvalue weighted by atomic mass is 15.3. The van der Waals surface area contributed by atoms with Crippen molar-refractivity contribution in [2.75, 3.05) is 18.8 Å². The van der Waals surface area contributed by atoms with E-state index in [0.717, 1.165) is 30.1 Å². The van der Waals surface area contributed by atoms with Crippen LogP contribution in [-0.2, 0) is 0 Å². The van der Waals surface area contributed by atoms with Crippen molar-refractivity contribution in [3.63, 3.8) is 0 Å². The Morgan fingerprint density at radius 1 is 1.29 bits per heavy atom. The number of nitrogens with one attached hydrogen (secondary N) is 1. The molecule has 88 valence electrons. The van der Waals surface area contributed by atoms with E-state index >= 15 is 0 Å². The van der Waals surface area contributed by atoms with Crippen LogP contribution in [0.5, 0.6) is 0 Å². The molecule has 2 heterocycles. The first kappa shape index (κ1) is 10.1. The van der Waals surface area contributed by atoms with E-state index in [-0.39, 0.29) is 0 Å². The van der Waals surface area contributed by atoms with Crippen molar-refractivity contribution in [1.29, 1.82) is 0 Å². The Balaban J connectivity index is 2.30. The molecule has 1 aliphatic rings. The van der Waals surface area contributed by atoms with E-state index in [4.69, 9.17) is 5.73 Å². The van der Waals surface area contributed by atoms with Gasteiger partial charge < -0.3 is 11.1 Å². The van der Waals surface area contributed by atoms with Crippen molar-refractivity contribution in [3.05, 3.63) is 23.3 Å². The number of hydrogen-bond acceptors (Lipinski definition) is 4. The van der Waals surface area contributed by atoms with Gasteiger partial charge in [-0.1, -0.05) is 0 Å². The summed E-state index contributed by atoms with van der Waals surface area (Å²) in [6, 6.07) is 4.17. The Bertz CT molecular complexity index is 623. The van der Waals surface area contributed by atoms with Crippen LogP contribution < -0.4 is 11.1 Å². The van der Waals surface area contributed by atoms with Crippen molar-refractivity contribution in [2.45, 2.75) is 13.8 Å². The molecule has 0 amide bonds. The molecule has 0 aliphatic carbocycles. The van der Waals surface area contributed by atoms with Crippen LogP contribution in [0.3, 0.4) is 0 Å². The van der Waals surface area contributed by atoms with Crippen molar-refractivity contribution in [1.82, 2.24) is 14.9 Å². The Labute approximate surface area is 99.4 Å². The third-order valence-electron chi connectivity index (χ3n) is 3.16. The van der Waals surface area contributed by atoms with Crippen molar-refractivity contribution in [2.24, 2.45) is 4.99 Å². The Hall–Kier alpha value is -2.04. The Kier molecular flexibility index (Phi) is 2.07. The fourth-order valence-electron chi connectivity index (χ4n) is 2.11. The van der Waals surface area contributed by atoms with Crippen LogP contribution in [0.4, 0.5) is 5.95 Å². The molecule has 0 saturated carbocycles. The summed E-state index contributed by atoms with van der Waals surface area (Å²) in [5.41, 5.74) is 10.4. The fourth-order valence-corrected chi connectivity index (χ4v) is 2.11. The van der Waals surface area contributed by atoms with E-state index in [2.05, 4.69) is 41.3 Å². The maximum atomic E-state index is 5.96. The van der Waals surface area contributed by atoms with E-state index in [1.807, 2.05) is 4.57 Å². The Morgan fingerprint density at radius 3 is 2.76 bits per heavy atom. The highest BCUT2D eigenvalue weighted by Crippen LogP contribution is 2.21. The number of aromatic nitrogens is 2. The number of fused-ring (bicyclic) bond motifs is 1. The number of nitrogens with zero attached hydrogens (tertiary/aromatic N) is 3. The molecule has 0 fully saturated rings. The second kappa shape index (κ2) is 3.48. The molecule has 0 radical (unpaired) electrons. The van der Waals surface area contributed by atoms with Crippen molar-refractivity contribution >= 4 is 22.9 Å². The summed E-state index contributed by atoms with van der Waals surface area (Å²) in [5.74, 6) is 1.28. The number of imidazole rings is 1. The second-order valence-electron chi connectivity index (χ2n) is 4.36. The third kappa shape index (κ3) is 1.46. The zero-order chi connectivity index (χ0) is 12.0. The van der Waals surface area contributed by atoms with Gasteiger partial charge in [0.2, 0.25) is 11.9 Å². The monoisotopic (exact) mass is 229 g/mol. The van der Waals surface area contributed by atoms with Gasteiger partial charge in [-0.05, 0) is 37.1 Å². The summed E-state index contributed by atoms with van der Waals surface area (Å²) in [6.45, 7) is 5.82. The molecule has 1 aromatic carbocycles. The van der Waals surface area contributed by atoms with Crippen molar-refractivity contribution < 1.29 is 0 Å². The molecule has 3 N–H and O–H groups in total. The smallest absolute Gasteiger partial charge is 0.208 e. The number of anilines is 1. The minimum absolute atomic E-state index is 0.484. The maximum absolute atomic E-state index is 5.96. The lowest BCUT2D eigenvalue weighted by atomic mass is 10.1. The maximum Gasteiger partial charge on any atom is 0.208 e. The second-order valence-corrected chi connectivity index (χ2v) is 4.36. The summed E-state index contributed by atoms with van der Waals surface area (Å²) in [4.78, 5) is 8.77. The van der Waals surface area contributed by atoms with Gasteiger partial charge in [0, 0.05) is 6.54 Å². The first-order valence-corrected chi connectivity index (χ1v) is 5.70. The third-order valence-corrected chi connectivity index (χ3v) is 3.16. The van der Waals surface area contributed by atoms with Gasteiger partial charge in [-0.15, -0.1) is 0 Å². The lowest BCUT2D eigenvalue weighted by Crippen LogP contribution is -2.27. The number of aryl methyl sites for hydroxylation is 2. The molecule has 3 rings (SSSR count). The molecule has 0 bridgehead atoms. The van der Waals surface area contributed by atoms with Crippen molar-refractivity contribution in [3.8, 4) is 0 Å². The molecule has 0 unspecified atom stereocenters. The average Bonchev–Trinajstić information content (AvgIpc) is 2.86. The number of aliphatic imine (C=N–C) groups is 1. The van der Waals surface area contributed by atoms with Gasteiger partial charge in [0.05, 0.1) is 17.6 Å². The predicted molar refractivity (Wildman–Crippen MR) is 69.3 cm³/mol. The van der Waals surface area contributed by atoms with E-state index < -0.39 is 0 Å². The number of nitrogens with two attached hydrogens (primary N) is 1. The quantitative estimate of drug-likeness (QED) is 0.709.